The van der Waals surface area contributed by atoms with Crippen LogP contribution in [0, 0.1) is 6.92 Å². The monoisotopic (exact) mass is 342 g/mol. The third kappa shape index (κ3) is 3.26. The van der Waals surface area contributed by atoms with E-state index in [0.717, 1.165) is 28.2 Å². The number of anilines is 1. The smallest absolute Gasteiger partial charge is 0.321 e. The van der Waals surface area contributed by atoms with Crippen molar-refractivity contribution >= 4 is 34.8 Å². The summed E-state index contributed by atoms with van der Waals surface area (Å²) in [6.45, 7) is 4.57. The van der Waals surface area contributed by atoms with E-state index in [0.29, 0.717) is 23.7 Å². The first-order valence-electron chi connectivity index (χ1n) is 7.83. The highest BCUT2D eigenvalue weighted by molar-refractivity contribution is 6.34. The van der Waals surface area contributed by atoms with Gasteiger partial charge in [-0.15, -0.1) is 0 Å². The predicted molar refractivity (Wildman–Crippen MR) is 97.6 cm³/mol. The van der Waals surface area contributed by atoms with Gasteiger partial charge >= 0.3 is 6.03 Å². The number of hydrogen-bond acceptors (Lipinski definition) is 3. The van der Waals surface area contributed by atoms with E-state index in [1.54, 1.807) is 24.1 Å². The summed E-state index contributed by atoms with van der Waals surface area (Å²) in [5, 5.41) is 3.48. The Bertz CT molecular complexity index is 832. The maximum absolute atomic E-state index is 12.0. The van der Waals surface area contributed by atoms with Crippen molar-refractivity contribution in [3.63, 3.8) is 0 Å². The van der Waals surface area contributed by atoms with Crippen molar-refractivity contribution in [3.05, 3.63) is 52.2 Å². The molecule has 124 valence electrons. The molecular weight excluding hydrogens is 324 g/mol. The fourth-order valence-electron chi connectivity index (χ4n) is 2.54. The minimum atomic E-state index is -0.153. The van der Waals surface area contributed by atoms with Crippen LogP contribution in [0.15, 0.2) is 35.5 Å². The molecule has 2 amide bonds. The highest BCUT2D eigenvalue weighted by Crippen LogP contribution is 2.31. The highest BCUT2D eigenvalue weighted by atomic mass is 35.5. The van der Waals surface area contributed by atoms with Gasteiger partial charge in [0, 0.05) is 48.0 Å². The molecule has 0 aliphatic carbocycles. The summed E-state index contributed by atoms with van der Waals surface area (Å²) in [7, 11) is 1.75. The van der Waals surface area contributed by atoms with Gasteiger partial charge in [-0.1, -0.05) is 17.7 Å². The number of hydrogen-bond donors (Lipinski definition) is 1. The van der Waals surface area contributed by atoms with Crippen LogP contribution in [0.5, 0.6) is 0 Å². The third-order valence-corrected chi connectivity index (χ3v) is 4.36. The number of aryl methyl sites for hydroxylation is 1. The van der Waals surface area contributed by atoms with Gasteiger partial charge in [0.2, 0.25) is 0 Å². The van der Waals surface area contributed by atoms with Crippen molar-refractivity contribution in [2.75, 3.05) is 18.9 Å². The molecule has 3 rings (SSSR count). The molecule has 1 aliphatic rings. The van der Waals surface area contributed by atoms with Crippen molar-refractivity contribution < 1.29 is 4.79 Å². The minimum Gasteiger partial charge on any atom is -0.328 e. The molecule has 0 saturated carbocycles. The number of amides is 2. The average molecular weight is 343 g/mol. The Morgan fingerprint density at radius 1 is 1.38 bits per heavy atom. The van der Waals surface area contributed by atoms with Crippen LogP contribution in [0.25, 0.3) is 0 Å². The maximum atomic E-state index is 12.0. The first-order valence-corrected chi connectivity index (χ1v) is 8.21. The Morgan fingerprint density at radius 3 is 2.92 bits per heavy atom. The second-order valence-electron chi connectivity index (χ2n) is 5.87. The summed E-state index contributed by atoms with van der Waals surface area (Å²) in [6, 6.07) is 7.37. The number of carbonyl (C=O) groups excluding carboxylic acids is 1. The molecular formula is C18H19ClN4O. The van der Waals surface area contributed by atoms with Crippen LogP contribution in [0.4, 0.5) is 16.3 Å². The summed E-state index contributed by atoms with van der Waals surface area (Å²) in [6.07, 6.45) is 2.50. The summed E-state index contributed by atoms with van der Waals surface area (Å²) in [5.41, 5.74) is 4.60. The Labute approximate surface area is 146 Å². The second kappa shape index (κ2) is 6.61. The van der Waals surface area contributed by atoms with Gasteiger partial charge in [-0.25, -0.2) is 14.8 Å². The van der Waals surface area contributed by atoms with Gasteiger partial charge in [0.15, 0.2) is 5.82 Å². The van der Waals surface area contributed by atoms with Gasteiger partial charge in [0.1, 0.15) is 0 Å². The molecule has 1 aromatic carbocycles. The van der Waals surface area contributed by atoms with Crippen LogP contribution in [-0.4, -0.2) is 35.2 Å². The number of nitrogens with zero attached hydrogens (tertiary/aromatic N) is 3. The summed E-state index contributed by atoms with van der Waals surface area (Å²) >= 11 is 6.35. The number of aromatic nitrogens is 1. The Balaban J connectivity index is 1.87. The zero-order valence-electron chi connectivity index (χ0n) is 13.9. The van der Waals surface area contributed by atoms with E-state index in [-0.39, 0.29) is 6.03 Å². The molecule has 1 aromatic heterocycles. The topological polar surface area (TPSA) is 57.6 Å². The van der Waals surface area contributed by atoms with Gasteiger partial charge in [-0.05, 0) is 37.6 Å². The molecule has 1 aliphatic heterocycles. The number of fused-ring (bicyclic) bond motifs is 1. The molecule has 6 heteroatoms. The van der Waals surface area contributed by atoms with Crippen molar-refractivity contribution in [1.82, 2.24) is 9.88 Å². The van der Waals surface area contributed by atoms with Crippen LogP contribution >= 0.6 is 11.6 Å². The van der Waals surface area contributed by atoms with E-state index < -0.39 is 0 Å². The van der Waals surface area contributed by atoms with E-state index in [4.69, 9.17) is 11.6 Å². The van der Waals surface area contributed by atoms with Crippen LogP contribution in [0.3, 0.4) is 0 Å². The number of halogens is 1. The zero-order valence-corrected chi connectivity index (χ0v) is 14.7. The fraction of sp³-hybridized carbons (Fsp3) is 0.278. The molecule has 0 unspecified atom stereocenters. The molecule has 5 nitrogen and oxygen atoms in total. The minimum absolute atomic E-state index is 0.153. The Morgan fingerprint density at radius 2 is 2.17 bits per heavy atom. The quantitative estimate of drug-likeness (QED) is 0.908. The number of aliphatic imine (C=N–C) groups is 1. The Kier molecular flexibility index (Phi) is 4.53. The molecule has 0 saturated heterocycles. The van der Waals surface area contributed by atoms with Crippen LogP contribution in [-0.2, 0) is 6.42 Å². The molecule has 24 heavy (non-hydrogen) atoms. The summed E-state index contributed by atoms with van der Waals surface area (Å²) < 4.78 is 0. The zero-order chi connectivity index (χ0) is 17.3. The predicted octanol–water partition coefficient (Wildman–Crippen LogP) is 4.20. The molecule has 0 fully saturated rings. The van der Waals surface area contributed by atoms with Crippen molar-refractivity contribution in [2.24, 2.45) is 4.99 Å². The normalized spacial score (nSPS) is 12.6. The average Bonchev–Trinajstić information content (AvgIpc) is 2.98. The van der Waals surface area contributed by atoms with Crippen LogP contribution in [0.2, 0.25) is 5.02 Å². The summed E-state index contributed by atoms with van der Waals surface area (Å²) in [5.74, 6) is 0.742. The lowest BCUT2D eigenvalue weighted by Gasteiger charge is -2.16. The van der Waals surface area contributed by atoms with E-state index in [2.05, 4.69) is 21.4 Å². The largest absolute Gasteiger partial charge is 0.328 e. The summed E-state index contributed by atoms with van der Waals surface area (Å²) in [4.78, 5) is 22.6. The lowest BCUT2D eigenvalue weighted by Crippen LogP contribution is -2.31. The van der Waals surface area contributed by atoms with Gasteiger partial charge in [0.05, 0.1) is 5.71 Å². The number of nitrogens with one attached hydrogen (secondary N) is 1. The molecule has 0 atom stereocenters. The number of pyridine rings is 1. The lowest BCUT2D eigenvalue weighted by atomic mass is 10.0. The van der Waals surface area contributed by atoms with Gasteiger partial charge in [0.25, 0.3) is 0 Å². The fourth-order valence-corrected chi connectivity index (χ4v) is 2.77. The molecule has 2 heterocycles. The molecule has 1 N–H and O–H groups in total. The van der Waals surface area contributed by atoms with Crippen molar-refractivity contribution in [1.29, 1.82) is 0 Å². The number of urea groups is 1. The Hall–Kier alpha value is -2.40. The van der Waals surface area contributed by atoms with Crippen LogP contribution in [0.1, 0.15) is 23.6 Å². The number of benzene rings is 1. The SMILES string of the molecule is CCN(C)C(=O)Nc1ccc(Cl)c(C2=Nc3ncc(C)cc3C2)c1. The number of rotatable bonds is 3. The number of carbonyl (C=O) groups is 1. The van der Waals surface area contributed by atoms with Gasteiger partial charge < -0.3 is 10.2 Å². The maximum Gasteiger partial charge on any atom is 0.321 e. The third-order valence-electron chi connectivity index (χ3n) is 4.03. The second-order valence-corrected chi connectivity index (χ2v) is 6.28. The van der Waals surface area contributed by atoms with Gasteiger partial charge in [-0.3, -0.25) is 0 Å². The van der Waals surface area contributed by atoms with Crippen LogP contribution < -0.4 is 5.32 Å². The first kappa shape index (κ1) is 16.5. The van der Waals surface area contributed by atoms with E-state index in [1.165, 1.54) is 0 Å². The van der Waals surface area contributed by atoms with Crippen molar-refractivity contribution in [3.8, 4) is 0 Å². The molecule has 2 aromatic rings. The lowest BCUT2D eigenvalue weighted by molar-refractivity contribution is 0.224. The first-order chi connectivity index (χ1) is 11.5. The van der Waals surface area contributed by atoms with Crippen molar-refractivity contribution in [2.45, 2.75) is 20.3 Å². The molecule has 0 bridgehead atoms. The highest BCUT2D eigenvalue weighted by Gasteiger charge is 2.20. The molecule has 0 spiro atoms. The van der Waals surface area contributed by atoms with E-state index in [1.807, 2.05) is 26.1 Å². The standard InChI is InChI=1S/C18H19ClN4O/c1-4-23(3)18(24)21-13-5-6-15(19)14(9-13)16-8-12-7-11(2)10-20-17(12)22-16/h5-7,9-10H,4,8H2,1-3H3,(H,21,24). The van der Waals surface area contributed by atoms with E-state index in [9.17, 15) is 4.79 Å². The molecule has 0 radical (unpaired) electrons. The van der Waals surface area contributed by atoms with E-state index >= 15 is 0 Å². The van der Waals surface area contributed by atoms with Gasteiger partial charge in [-0.2, -0.15) is 0 Å².